The van der Waals surface area contributed by atoms with Crippen LogP contribution in [0.1, 0.15) is 16.7 Å². The number of aryl methyl sites for hydroxylation is 3. The van der Waals surface area contributed by atoms with E-state index in [9.17, 15) is 0 Å². The monoisotopic (exact) mass is 292 g/mol. The highest BCUT2D eigenvalue weighted by atomic mass is 16.5. The third-order valence-corrected chi connectivity index (χ3v) is 3.87. The maximum atomic E-state index is 5.28. The molecule has 3 aromatic rings. The van der Waals surface area contributed by atoms with Crippen LogP contribution >= 0.6 is 0 Å². The second-order valence-electron chi connectivity index (χ2n) is 5.65. The van der Waals surface area contributed by atoms with Gasteiger partial charge in [0.1, 0.15) is 5.75 Å². The average molecular weight is 292 g/mol. The molecule has 0 aliphatic heterocycles. The van der Waals surface area contributed by atoms with Crippen LogP contribution in [0, 0.1) is 20.8 Å². The van der Waals surface area contributed by atoms with Gasteiger partial charge in [-0.15, -0.1) is 0 Å². The molecule has 0 amide bonds. The molecule has 0 fully saturated rings. The van der Waals surface area contributed by atoms with Gasteiger partial charge in [0.2, 0.25) is 0 Å². The van der Waals surface area contributed by atoms with E-state index < -0.39 is 0 Å². The minimum atomic E-state index is 0.831. The van der Waals surface area contributed by atoms with E-state index in [-0.39, 0.29) is 0 Å². The summed E-state index contributed by atoms with van der Waals surface area (Å²) in [5, 5.41) is 4.50. The fourth-order valence-electron chi connectivity index (χ4n) is 2.98. The number of ether oxygens (including phenoxy) is 1. The maximum Gasteiger partial charge on any atom is 0.121 e. The van der Waals surface area contributed by atoms with E-state index in [0.717, 1.165) is 17.0 Å². The number of hydrogen-bond donors (Lipinski definition) is 0. The Bertz CT molecular complexity index is 795. The molecule has 0 spiro atoms. The lowest BCUT2D eigenvalue weighted by atomic mass is 9.96. The van der Waals surface area contributed by atoms with Crippen molar-refractivity contribution in [1.29, 1.82) is 0 Å². The first-order chi connectivity index (χ1) is 10.6. The van der Waals surface area contributed by atoms with Crippen molar-refractivity contribution in [3.8, 4) is 22.6 Å². The van der Waals surface area contributed by atoms with Gasteiger partial charge in [-0.3, -0.25) is 0 Å². The van der Waals surface area contributed by atoms with Crippen LogP contribution in [-0.4, -0.2) is 16.9 Å². The van der Waals surface area contributed by atoms with E-state index in [2.05, 4.69) is 44.2 Å². The minimum absolute atomic E-state index is 0.831. The second kappa shape index (κ2) is 5.68. The van der Waals surface area contributed by atoms with Gasteiger partial charge in [-0.2, -0.15) is 5.10 Å². The Balaban J connectivity index is 2.04. The van der Waals surface area contributed by atoms with Crippen LogP contribution in [0.4, 0.5) is 0 Å². The third-order valence-electron chi connectivity index (χ3n) is 3.87. The molecular weight excluding hydrogens is 272 g/mol. The van der Waals surface area contributed by atoms with Crippen LogP contribution in [0.3, 0.4) is 0 Å². The van der Waals surface area contributed by atoms with E-state index in [1.54, 1.807) is 7.11 Å². The molecule has 3 nitrogen and oxygen atoms in total. The summed E-state index contributed by atoms with van der Waals surface area (Å²) in [6, 6.07) is 12.3. The van der Waals surface area contributed by atoms with Crippen molar-refractivity contribution in [2.24, 2.45) is 0 Å². The van der Waals surface area contributed by atoms with Gasteiger partial charge in [-0.05, 0) is 49.6 Å². The zero-order valence-corrected chi connectivity index (χ0v) is 13.4. The Labute approximate surface area is 131 Å². The molecule has 0 saturated heterocycles. The van der Waals surface area contributed by atoms with Gasteiger partial charge in [0.25, 0.3) is 0 Å². The summed E-state index contributed by atoms with van der Waals surface area (Å²) in [4.78, 5) is 0. The van der Waals surface area contributed by atoms with Gasteiger partial charge in [-0.25, -0.2) is 4.68 Å². The summed E-state index contributed by atoms with van der Waals surface area (Å²) < 4.78 is 7.16. The molecule has 0 bridgehead atoms. The van der Waals surface area contributed by atoms with Crippen molar-refractivity contribution in [2.75, 3.05) is 7.11 Å². The van der Waals surface area contributed by atoms with Gasteiger partial charge < -0.3 is 4.74 Å². The normalized spacial score (nSPS) is 10.7. The lowest BCUT2D eigenvalue weighted by molar-refractivity contribution is 0.414. The number of methoxy groups -OCH3 is 1. The standard InChI is InChI=1S/C19H20N2O/c1-13-8-14(2)19(15(3)9-13)16-11-20-21(12-16)17-6-5-7-18(10-17)22-4/h5-12H,1-4H3. The molecule has 1 aromatic heterocycles. The summed E-state index contributed by atoms with van der Waals surface area (Å²) in [7, 11) is 1.67. The number of benzene rings is 2. The first-order valence-corrected chi connectivity index (χ1v) is 7.36. The minimum Gasteiger partial charge on any atom is -0.497 e. The second-order valence-corrected chi connectivity index (χ2v) is 5.65. The van der Waals surface area contributed by atoms with Crippen molar-refractivity contribution >= 4 is 0 Å². The lowest BCUT2D eigenvalue weighted by Gasteiger charge is -2.09. The van der Waals surface area contributed by atoms with Gasteiger partial charge >= 0.3 is 0 Å². The Hall–Kier alpha value is -2.55. The number of hydrogen-bond acceptors (Lipinski definition) is 2. The molecule has 3 heteroatoms. The van der Waals surface area contributed by atoms with E-state index in [1.807, 2.05) is 35.1 Å². The molecule has 0 saturated carbocycles. The number of nitrogens with zero attached hydrogens (tertiary/aromatic N) is 2. The van der Waals surface area contributed by atoms with Crippen LogP contribution in [0.2, 0.25) is 0 Å². The molecule has 0 aliphatic rings. The first-order valence-electron chi connectivity index (χ1n) is 7.36. The molecule has 22 heavy (non-hydrogen) atoms. The quantitative estimate of drug-likeness (QED) is 0.712. The van der Waals surface area contributed by atoms with Crippen molar-refractivity contribution in [2.45, 2.75) is 20.8 Å². The van der Waals surface area contributed by atoms with Crippen molar-refractivity contribution in [3.05, 3.63) is 65.5 Å². The molecule has 0 aliphatic carbocycles. The van der Waals surface area contributed by atoms with Gasteiger partial charge in [0.05, 0.1) is 19.0 Å². The van der Waals surface area contributed by atoms with Crippen molar-refractivity contribution in [3.63, 3.8) is 0 Å². The maximum absolute atomic E-state index is 5.28. The summed E-state index contributed by atoms with van der Waals surface area (Å²) >= 11 is 0. The molecule has 3 rings (SSSR count). The Morgan fingerprint density at radius 1 is 1.00 bits per heavy atom. The molecule has 2 aromatic carbocycles. The Morgan fingerprint density at radius 3 is 2.41 bits per heavy atom. The van der Waals surface area contributed by atoms with Crippen molar-refractivity contribution < 1.29 is 4.74 Å². The largest absolute Gasteiger partial charge is 0.497 e. The number of aromatic nitrogens is 2. The van der Waals surface area contributed by atoms with Crippen LogP contribution in [0.25, 0.3) is 16.8 Å². The molecule has 0 unspecified atom stereocenters. The third kappa shape index (κ3) is 2.62. The molecule has 0 radical (unpaired) electrons. The first kappa shape index (κ1) is 14.4. The van der Waals surface area contributed by atoms with Crippen LogP contribution in [-0.2, 0) is 0 Å². The molecule has 1 heterocycles. The topological polar surface area (TPSA) is 27.1 Å². The van der Waals surface area contributed by atoms with E-state index in [1.165, 1.54) is 22.3 Å². The van der Waals surface area contributed by atoms with Gasteiger partial charge in [0, 0.05) is 17.8 Å². The van der Waals surface area contributed by atoms with Crippen LogP contribution in [0.15, 0.2) is 48.8 Å². The van der Waals surface area contributed by atoms with E-state index >= 15 is 0 Å². The van der Waals surface area contributed by atoms with Gasteiger partial charge in [0.15, 0.2) is 0 Å². The smallest absolute Gasteiger partial charge is 0.121 e. The average Bonchev–Trinajstić information content (AvgIpc) is 2.96. The SMILES string of the molecule is COc1cccc(-n2cc(-c3c(C)cc(C)cc3C)cn2)c1. The highest BCUT2D eigenvalue weighted by Gasteiger charge is 2.10. The molecule has 0 atom stereocenters. The molecule has 112 valence electrons. The summed E-state index contributed by atoms with van der Waals surface area (Å²) in [5.41, 5.74) is 7.25. The van der Waals surface area contributed by atoms with E-state index in [4.69, 9.17) is 4.74 Å². The summed E-state index contributed by atoms with van der Waals surface area (Å²) in [5.74, 6) is 0.831. The predicted molar refractivity (Wildman–Crippen MR) is 89.8 cm³/mol. The van der Waals surface area contributed by atoms with Gasteiger partial charge in [-0.1, -0.05) is 23.8 Å². The Morgan fingerprint density at radius 2 is 1.73 bits per heavy atom. The van der Waals surface area contributed by atoms with Crippen LogP contribution in [0.5, 0.6) is 5.75 Å². The highest BCUT2D eigenvalue weighted by molar-refractivity contribution is 5.70. The summed E-state index contributed by atoms with van der Waals surface area (Å²) in [6.07, 6.45) is 3.99. The molecule has 0 N–H and O–H groups in total. The summed E-state index contributed by atoms with van der Waals surface area (Å²) in [6.45, 7) is 6.43. The van der Waals surface area contributed by atoms with Crippen LogP contribution < -0.4 is 4.74 Å². The number of rotatable bonds is 3. The van der Waals surface area contributed by atoms with Crippen molar-refractivity contribution in [1.82, 2.24) is 9.78 Å². The highest BCUT2D eigenvalue weighted by Crippen LogP contribution is 2.29. The Kier molecular flexibility index (Phi) is 3.72. The fraction of sp³-hybridized carbons (Fsp3) is 0.211. The fourth-order valence-corrected chi connectivity index (χ4v) is 2.98. The van der Waals surface area contributed by atoms with E-state index in [0.29, 0.717) is 0 Å². The lowest BCUT2D eigenvalue weighted by Crippen LogP contribution is -1.94. The zero-order chi connectivity index (χ0) is 15.7. The molecular formula is C19H20N2O. The zero-order valence-electron chi connectivity index (χ0n) is 13.4. The predicted octanol–water partition coefficient (Wildman–Crippen LogP) is 4.47.